The van der Waals surface area contributed by atoms with Crippen molar-refractivity contribution >= 4 is 23.5 Å². The highest BCUT2D eigenvalue weighted by Crippen LogP contribution is 2.19. The minimum absolute atomic E-state index is 0.210. The fourth-order valence-corrected chi connectivity index (χ4v) is 2.01. The first-order valence-electron chi connectivity index (χ1n) is 8.06. The Hall–Kier alpha value is -3.70. The van der Waals surface area contributed by atoms with Crippen molar-refractivity contribution in [3.63, 3.8) is 0 Å². The van der Waals surface area contributed by atoms with E-state index in [0.29, 0.717) is 6.07 Å². The van der Waals surface area contributed by atoms with Gasteiger partial charge >= 0.3 is 5.97 Å². The molecule has 1 aromatic heterocycles. The minimum Gasteiger partial charge on any atom is -0.448 e. The van der Waals surface area contributed by atoms with E-state index in [9.17, 15) is 32.3 Å². The first-order chi connectivity index (χ1) is 13.6. The van der Waals surface area contributed by atoms with Gasteiger partial charge in [-0.15, -0.1) is 0 Å². The number of rotatable bonds is 6. The maximum absolute atomic E-state index is 13.5. The van der Waals surface area contributed by atoms with Crippen molar-refractivity contribution in [2.45, 2.75) is 13.0 Å². The molecule has 1 unspecified atom stereocenters. The molecule has 12 heteroatoms. The first-order valence-corrected chi connectivity index (χ1v) is 8.06. The van der Waals surface area contributed by atoms with E-state index in [1.807, 2.05) is 5.32 Å². The summed E-state index contributed by atoms with van der Waals surface area (Å²) >= 11 is 0. The number of anilines is 1. The lowest BCUT2D eigenvalue weighted by Gasteiger charge is -2.13. The van der Waals surface area contributed by atoms with Crippen LogP contribution in [0.1, 0.15) is 17.4 Å². The third-order valence-electron chi connectivity index (χ3n) is 3.56. The van der Waals surface area contributed by atoms with Crippen LogP contribution in [-0.4, -0.2) is 40.2 Å². The minimum atomic E-state index is -1.75. The number of aryl methyl sites for hydroxylation is 1. The third-order valence-corrected chi connectivity index (χ3v) is 3.56. The predicted molar refractivity (Wildman–Crippen MR) is 92.3 cm³/mol. The van der Waals surface area contributed by atoms with Crippen LogP contribution in [0.2, 0.25) is 0 Å². The topological polar surface area (TPSA) is 119 Å². The number of carbonyl (C=O) groups is 3. The van der Waals surface area contributed by atoms with E-state index in [1.165, 1.54) is 14.0 Å². The summed E-state index contributed by atoms with van der Waals surface area (Å²) in [6.45, 7) is 0.569. The molecule has 0 fully saturated rings. The Balaban J connectivity index is 1.88. The first kappa shape index (κ1) is 21.6. The Labute approximate surface area is 161 Å². The Morgan fingerprint density at radius 1 is 1.14 bits per heavy atom. The summed E-state index contributed by atoms with van der Waals surface area (Å²) in [5.74, 6) is -7.52. The lowest BCUT2D eigenvalue weighted by Crippen LogP contribution is -2.40. The second-order valence-electron chi connectivity index (χ2n) is 5.72. The molecule has 0 radical (unpaired) electrons. The van der Waals surface area contributed by atoms with Gasteiger partial charge in [-0.2, -0.15) is 5.10 Å². The summed E-state index contributed by atoms with van der Waals surface area (Å²) in [6.07, 6.45) is -1.32. The van der Waals surface area contributed by atoms with Crippen molar-refractivity contribution in [1.29, 1.82) is 0 Å². The summed E-state index contributed by atoms with van der Waals surface area (Å²) in [4.78, 5) is 46.8. The zero-order valence-corrected chi connectivity index (χ0v) is 15.2. The van der Waals surface area contributed by atoms with Gasteiger partial charge in [-0.05, 0) is 25.1 Å². The monoisotopic (exact) mass is 412 g/mol. The Bertz CT molecular complexity index is 1020. The molecule has 29 heavy (non-hydrogen) atoms. The summed E-state index contributed by atoms with van der Waals surface area (Å²) in [6, 6.07) is 3.66. The molecule has 0 aliphatic heterocycles. The molecular weight excluding hydrogens is 397 g/mol. The van der Waals surface area contributed by atoms with Gasteiger partial charge in [-0.25, -0.2) is 22.6 Å². The van der Waals surface area contributed by atoms with Crippen LogP contribution in [0.3, 0.4) is 0 Å². The number of ether oxygens (including phenoxy) is 1. The van der Waals surface area contributed by atoms with Gasteiger partial charge in [0, 0.05) is 13.1 Å². The van der Waals surface area contributed by atoms with Crippen LogP contribution in [0.15, 0.2) is 29.1 Å². The fraction of sp³-hybridized carbons (Fsp3) is 0.235. The largest absolute Gasteiger partial charge is 0.448 e. The number of benzene rings is 1. The van der Waals surface area contributed by atoms with E-state index in [0.717, 1.165) is 22.9 Å². The second kappa shape index (κ2) is 8.99. The van der Waals surface area contributed by atoms with E-state index < -0.39 is 59.1 Å². The molecule has 2 amide bonds. The molecule has 0 saturated carbocycles. The van der Waals surface area contributed by atoms with Crippen molar-refractivity contribution in [3.8, 4) is 0 Å². The molecule has 1 aromatic carbocycles. The van der Waals surface area contributed by atoms with Crippen LogP contribution in [0.25, 0.3) is 0 Å². The quantitative estimate of drug-likeness (QED) is 0.527. The van der Waals surface area contributed by atoms with Gasteiger partial charge in [-0.3, -0.25) is 14.4 Å². The predicted octanol–water partition coefficient (Wildman–Crippen LogP) is 0.498. The molecule has 0 aliphatic carbocycles. The number of carbonyl (C=O) groups excluding carboxylic acids is 3. The molecule has 0 aliphatic rings. The smallest absolute Gasteiger partial charge is 0.359 e. The highest BCUT2D eigenvalue weighted by atomic mass is 19.2. The summed E-state index contributed by atoms with van der Waals surface area (Å²) in [7, 11) is 1.32. The number of esters is 1. The van der Waals surface area contributed by atoms with Crippen molar-refractivity contribution in [2.75, 3.05) is 11.9 Å². The van der Waals surface area contributed by atoms with Crippen LogP contribution in [0, 0.1) is 17.5 Å². The van der Waals surface area contributed by atoms with Gasteiger partial charge < -0.3 is 15.4 Å². The van der Waals surface area contributed by atoms with Crippen molar-refractivity contribution in [2.24, 2.45) is 7.05 Å². The lowest BCUT2D eigenvalue weighted by molar-refractivity contribution is -0.130. The molecule has 0 saturated heterocycles. The molecule has 154 valence electrons. The van der Waals surface area contributed by atoms with E-state index in [-0.39, 0.29) is 5.69 Å². The molecule has 0 spiro atoms. The van der Waals surface area contributed by atoms with Crippen molar-refractivity contribution in [1.82, 2.24) is 15.1 Å². The van der Waals surface area contributed by atoms with Crippen molar-refractivity contribution < 1.29 is 32.3 Å². The van der Waals surface area contributed by atoms with Gasteiger partial charge in [0.25, 0.3) is 11.5 Å². The second-order valence-corrected chi connectivity index (χ2v) is 5.72. The number of halogens is 3. The zero-order chi connectivity index (χ0) is 21.7. The maximum atomic E-state index is 13.5. The molecule has 2 rings (SSSR count). The van der Waals surface area contributed by atoms with E-state index in [4.69, 9.17) is 4.74 Å². The van der Waals surface area contributed by atoms with E-state index in [2.05, 4.69) is 10.4 Å². The normalized spacial score (nSPS) is 11.5. The standard InChI is InChI=1S/C17H15F3N4O5/c1-8(29-17(28)11-5-6-13(26)24(2)23-11)16(27)21-7-12(25)22-10-4-3-9(18)14(19)15(10)20/h3-6,8H,7H2,1-2H3,(H,21,27)(H,22,25). The molecule has 1 heterocycles. The van der Waals surface area contributed by atoms with Crippen LogP contribution < -0.4 is 16.2 Å². The van der Waals surface area contributed by atoms with Crippen molar-refractivity contribution in [3.05, 3.63) is 57.8 Å². The van der Waals surface area contributed by atoms with Crippen LogP contribution >= 0.6 is 0 Å². The van der Waals surface area contributed by atoms with Gasteiger partial charge in [-0.1, -0.05) is 0 Å². The van der Waals surface area contributed by atoms with Crippen LogP contribution in [-0.2, 0) is 21.4 Å². The number of hydrogen-bond acceptors (Lipinski definition) is 6. The molecule has 9 nitrogen and oxygen atoms in total. The Kier molecular flexibility index (Phi) is 6.70. The summed E-state index contributed by atoms with van der Waals surface area (Å²) < 4.78 is 45.3. The number of hydrogen-bond donors (Lipinski definition) is 2. The number of nitrogens with one attached hydrogen (secondary N) is 2. The Morgan fingerprint density at radius 2 is 1.83 bits per heavy atom. The number of aromatic nitrogens is 2. The average Bonchev–Trinajstić information content (AvgIpc) is 2.68. The fourth-order valence-electron chi connectivity index (χ4n) is 2.01. The maximum Gasteiger partial charge on any atom is 0.359 e. The van der Waals surface area contributed by atoms with Gasteiger partial charge in [0.05, 0.1) is 12.2 Å². The van der Waals surface area contributed by atoms with Crippen LogP contribution in [0.5, 0.6) is 0 Å². The van der Waals surface area contributed by atoms with Gasteiger partial charge in [0.15, 0.2) is 29.2 Å². The zero-order valence-electron chi connectivity index (χ0n) is 15.2. The third kappa shape index (κ3) is 5.40. The molecule has 1 atom stereocenters. The Morgan fingerprint density at radius 3 is 2.48 bits per heavy atom. The highest BCUT2D eigenvalue weighted by Gasteiger charge is 2.21. The molecule has 2 aromatic rings. The van der Waals surface area contributed by atoms with Crippen LogP contribution in [0.4, 0.5) is 18.9 Å². The average molecular weight is 412 g/mol. The number of nitrogens with zero attached hydrogens (tertiary/aromatic N) is 2. The number of amides is 2. The van der Waals surface area contributed by atoms with E-state index >= 15 is 0 Å². The van der Waals surface area contributed by atoms with Gasteiger partial charge in [0.1, 0.15) is 0 Å². The van der Waals surface area contributed by atoms with Gasteiger partial charge in [0.2, 0.25) is 5.91 Å². The summed E-state index contributed by atoms with van der Waals surface area (Å²) in [5, 5.41) is 7.76. The molecular formula is C17H15F3N4O5. The SMILES string of the molecule is CC(OC(=O)c1ccc(=O)n(C)n1)C(=O)NCC(=O)Nc1ccc(F)c(F)c1F. The molecule has 0 bridgehead atoms. The summed E-state index contributed by atoms with van der Waals surface area (Å²) in [5.41, 5.74) is -1.27. The lowest BCUT2D eigenvalue weighted by atomic mass is 10.2. The van der Waals surface area contributed by atoms with E-state index in [1.54, 1.807) is 0 Å². The highest BCUT2D eigenvalue weighted by molar-refractivity contribution is 5.96. The molecule has 2 N–H and O–H groups in total.